The monoisotopic (exact) mass is 602 g/mol. The Labute approximate surface area is 240 Å². The second-order valence-electron chi connectivity index (χ2n) is 9.84. The third-order valence-electron chi connectivity index (χ3n) is 7.29. The summed E-state index contributed by atoms with van der Waals surface area (Å²) in [6, 6.07) is 3.32. The molecule has 1 fully saturated rings. The number of nitrogens with zero attached hydrogens (tertiary/aromatic N) is 5. The van der Waals surface area contributed by atoms with Gasteiger partial charge >= 0.3 is 12.2 Å². The number of hydrogen-bond donors (Lipinski definition) is 1. The summed E-state index contributed by atoms with van der Waals surface area (Å²) >= 11 is 0.683. The maximum Gasteiger partial charge on any atom is 0.417 e. The summed E-state index contributed by atoms with van der Waals surface area (Å²) in [6.45, 7) is 7.40. The first-order valence-electron chi connectivity index (χ1n) is 12.6. The van der Waals surface area contributed by atoms with Gasteiger partial charge in [-0.3, -0.25) is 4.79 Å². The number of nitriles is 1. The molecule has 0 aliphatic carbocycles. The van der Waals surface area contributed by atoms with E-state index in [1.165, 1.54) is 13.2 Å². The van der Waals surface area contributed by atoms with Crippen LogP contribution >= 0.6 is 11.3 Å². The number of halogens is 5. The molecule has 2 unspecified atom stereocenters. The molecule has 2 aromatic carbocycles. The number of amides is 1. The molecule has 0 radical (unpaired) electrons. The van der Waals surface area contributed by atoms with Crippen LogP contribution in [0.2, 0.25) is 0 Å². The molecule has 14 heteroatoms. The lowest BCUT2D eigenvalue weighted by Gasteiger charge is -2.44. The Kier molecular flexibility index (Phi) is 7.18. The van der Waals surface area contributed by atoms with Crippen LogP contribution in [-0.2, 0) is 11.0 Å². The smallest absolute Gasteiger partial charge is 0.417 e. The van der Waals surface area contributed by atoms with Gasteiger partial charge in [-0.05, 0) is 37.6 Å². The molecular formula is C28H23F5N6O2S. The van der Waals surface area contributed by atoms with E-state index in [0.717, 1.165) is 18.2 Å². The molecule has 3 heterocycles. The van der Waals surface area contributed by atoms with Gasteiger partial charge in [0.1, 0.15) is 28.2 Å². The number of fused-ring (bicyclic) bond motifs is 2. The number of anilines is 2. The number of nitrogens with two attached hydrogens (primary N) is 1. The molecule has 0 saturated carbocycles. The topological polar surface area (TPSA) is 108 Å². The van der Waals surface area contributed by atoms with Crippen molar-refractivity contribution in [2.75, 3.05) is 30.8 Å². The van der Waals surface area contributed by atoms with Gasteiger partial charge in [-0.25, -0.2) is 8.78 Å². The number of methoxy groups -OCH3 is 1. The predicted octanol–water partition coefficient (Wildman–Crippen LogP) is 5.88. The van der Waals surface area contributed by atoms with Gasteiger partial charge < -0.3 is 20.3 Å². The van der Waals surface area contributed by atoms with Crippen LogP contribution in [0.15, 0.2) is 30.9 Å². The highest BCUT2D eigenvalue weighted by molar-refractivity contribution is 7.23. The van der Waals surface area contributed by atoms with E-state index < -0.39 is 40.5 Å². The van der Waals surface area contributed by atoms with Gasteiger partial charge in [0, 0.05) is 41.5 Å². The first-order valence-corrected chi connectivity index (χ1v) is 13.4. The van der Waals surface area contributed by atoms with Crippen molar-refractivity contribution < 1.29 is 31.5 Å². The third kappa shape index (κ3) is 4.53. The van der Waals surface area contributed by atoms with E-state index in [0.29, 0.717) is 11.3 Å². The highest BCUT2D eigenvalue weighted by Crippen LogP contribution is 2.48. The Morgan fingerprint density at radius 3 is 2.57 bits per heavy atom. The highest BCUT2D eigenvalue weighted by atomic mass is 32.1. The molecular weight excluding hydrogens is 579 g/mol. The number of piperazine rings is 1. The molecule has 1 aliphatic rings. The number of ether oxygens (including phenoxy) is 1. The van der Waals surface area contributed by atoms with Gasteiger partial charge in [0.15, 0.2) is 5.82 Å². The number of carbonyl (C=O) groups is 1. The average molecular weight is 603 g/mol. The molecule has 2 N–H and O–H groups in total. The van der Waals surface area contributed by atoms with Gasteiger partial charge in [0.25, 0.3) is 0 Å². The number of benzene rings is 2. The average Bonchev–Trinajstić information content (AvgIpc) is 3.30. The number of rotatable bonds is 4. The van der Waals surface area contributed by atoms with Crippen molar-refractivity contribution in [2.24, 2.45) is 0 Å². The van der Waals surface area contributed by atoms with Crippen LogP contribution in [0, 0.1) is 23.0 Å². The highest BCUT2D eigenvalue weighted by Gasteiger charge is 2.39. The van der Waals surface area contributed by atoms with Crippen molar-refractivity contribution in [1.29, 1.82) is 5.26 Å². The first kappa shape index (κ1) is 29.0. The molecule has 1 aliphatic heterocycles. The summed E-state index contributed by atoms with van der Waals surface area (Å²) in [5, 5.41) is 9.09. The Morgan fingerprint density at radius 2 is 1.95 bits per heavy atom. The molecule has 1 saturated heterocycles. The predicted molar refractivity (Wildman–Crippen MR) is 149 cm³/mol. The zero-order valence-electron chi connectivity index (χ0n) is 22.5. The van der Waals surface area contributed by atoms with Crippen LogP contribution in [0.5, 0.6) is 6.01 Å². The molecule has 42 heavy (non-hydrogen) atoms. The summed E-state index contributed by atoms with van der Waals surface area (Å²) in [4.78, 5) is 23.9. The van der Waals surface area contributed by atoms with Crippen molar-refractivity contribution in [3.63, 3.8) is 0 Å². The molecule has 2 aromatic heterocycles. The van der Waals surface area contributed by atoms with Crippen LogP contribution in [0.25, 0.3) is 32.1 Å². The molecule has 8 nitrogen and oxygen atoms in total. The van der Waals surface area contributed by atoms with Gasteiger partial charge in [0.2, 0.25) is 5.91 Å². The SMILES string of the molecule is C=CC(=O)N1CC(C)N(c2nc(OC)nc3c(F)c(-c4ccc(F)c5sc(N)c(C#N)c45)c(C(F)(F)F)cc23)CC1C. The fourth-order valence-electron chi connectivity index (χ4n) is 5.34. The van der Waals surface area contributed by atoms with Gasteiger partial charge in [-0.1, -0.05) is 12.6 Å². The van der Waals surface area contributed by atoms with Crippen molar-refractivity contribution >= 4 is 49.1 Å². The summed E-state index contributed by atoms with van der Waals surface area (Å²) in [5.74, 6) is -2.49. The van der Waals surface area contributed by atoms with E-state index in [1.807, 2.05) is 0 Å². The standard InChI is InChI=1S/C28H23F5N6O2S/c1-5-19(40)38-10-13(3)39(11-12(38)2)26-15-8-17(28(31,32)33)21(22(30)23(15)36-27(37-26)41-4)14-6-7-18(29)24-20(14)16(9-34)25(35)42-24/h5-8,12-13H,1,10-11,35H2,2-4H3. The molecule has 1 amide bonds. The van der Waals surface area contributed by atoms with Crippen LogP contribution in [0.1, 0.15) is 25.0 Å². The Morgan fingerprint density at radius 1 is 1.24 bits per heavy atom. The lowest BCUT2D eigenvalue weighted by atomic mass is 9.92. The van der Waals surface area contributed by atoms with Crippen molar-refractivity contribution in [1.82, 2.24) is 14.9 Å². The zero-order valence-corrected chi connectivity index (χ0v) is 23.3. The van der Waals surface area contributed by atoms with Crippen LogP contribution < -0.4 is 15.4 Å². The van der Waals surface area contributed by atoms with Crippen molar-refractivity contribution in [3.8, 4) is 23.2 Å². The van der Waals surface area contributed by atoms with E-state index in [1.54, 1.807) is 29.7 Å². The molecule has 0 bridgehead atoms. The fraction of sp³-hybridized carbons (Fsp3) is 0.286. The third-order valence-corrected chi connectivity index (χ3v) is 8.32. The summed E-state index contributed by atoms with van der Waals surface area (Å²) in [6.07, 6.45) is -3.90. The van der Waals surface area contributed by atoms with E-state index in [2.05, 4.69) is 16.5 Å². The van der Waals surface area contributed by atoms with Crippen LogP contribution in [0.3, 0.4) is 0 Å². The summed E-state index contributed by atoms with van der Waals surface area (Å²) in [5.41, 5.74) is 2.51. The molecule has 218 valence electrons. The van der Waals surface area contributed by atoms with Crippen molar-refractivity contribution in [2.45, 2.75) is 32.1 Å². The lowest BCUT2D eigenvalue weighted by molar-refractivity contribution is -0.137. The number of aromatic nitrogens is 2. The van der Waals surface area contributed by atoms with Crippen LogP contribution in [-0.4, -0.2) is 53.1 Å². The Hall–Kier alpha value is -4.51. The summed E-state index contributed by atoms with van der Waals surface area (Å²) in [7, 11) is 1.23. The molecule has 2 atom stereocenters. The second-order valence-corrected chi connectivity index (χ2v) is 10.9. The molecule has 0 spiro atoms. The normalized spacial score (nSPS) is 17.5. The number of carbonyl (C=O) groups excluding carboxylic acids is 1. The number of nitrogen functional groups attached to an aromatic ring is 1. The van der Waals surface area contributed by atoms with E-state index >= 15 is 4.39 Å². The minimum absolute atomic E-state index is 0.0143. The van der Waals surface area contributed by atoms with Crippen LogP contribution in [0.4, 0.5) is 32.8 Å². The lowest BCUT2D eigenvalue weighted by Crippen LogP contribution is -2.58. The largest absolute Gasteiger partial charge is 0.467 e. The quantitative estimate of drug-likeness (QED) is 0.230. The van der Waals surface area contributed by atoms with Gasteiger partial charge in [-0.15, -0.1) is 11.3 Å². The minimum Gasteiger partial charge on any atom is -0.467 e. The first-order chi connectivity index (χ1) is 19.8. The Bertz CT molecular complexity index is 1820. The number of hydrogen-bond acceptors (Lipinski definition) is 8. The van der Waals surface area contributed by atoms with Crippen molar-refractivity contribution in [3.05, 3.63) is 53.6 Å². The maximum absolute atomic E-state index is 16.5. The van der Waals surface area contributed by atoms with E-state index in [9.17, 15) is 27.6 Å². The molecule has 4 aromatic rings. The van der Waals surface area contributed by atoms with Gasteiger partial charge in [0.05, 0.1) is 22.9 Å². The fourth-order valence-corrected chi connectivity index (χ4v) is 6.29. The minimum atomic E-state index is -5.08. The van der Waals surface area contributed by atoms with E-state index in [-0.39, 0.29) is 68.5 Å². The summed E-state index contributed by atoms with van der Waals surface area (Å²) < 4.78 is 80.3. The van der Waals surface area contributed by atoms with E-state index in [4.69, 9.17) is 10.5 Å². The maximum atomic E-state index is 16.5. The number of thiophene rings is 1. The molecule has 5 rings (SSSR count). The van der Waals surface area contributed by atoms with Gasteiger partial charge in [-0.2, -0.15) is 28.4 Å². The number of alkyl halides is 3. The second kappa shape index (κ2) is 10.4. The zero-order chi connectivity index (χ0) is 30.7. The Balaban J connectivity index is 1.83.